The van der Waals surface area contributed by atoms with Crippen LogP contribution in [0.2, 0.25) is 0 Å². The maximum Gasteiger partial charge on any atom is 0.251 e. The first-order valence-electron chi connectivity index (χ1n) is 6.75. The lowest BCUT2D eigenvalue weighted by Crippen LogP contribution is -2.17. The maximum atomic E-state index is 11.5. The Balaban J connectivity index is 1.71. The van der Waals surface area contributed by atoms with Gasteiger partial charge in [0, 0.05) is 36.6 Å². The zero-order valence-electron chi connectivity index (χ0n) is 11.7. The summed E-state index contributed by atoms with van der Waals surface area (Å²) in [5, 5.41) is 10.2. The normalized spacial score (nSPS) is 10.5. The number of benzene rings is 1. The average molecular weight is 280 g/mol. The van der Waals surface area contributed by atoms with Crippen molar-refractivity contribution >= 4 is 17.1 Å². The number of aromatic nitrogens is 2. The third-order valence-corrected chi connectivity index (χ3v) is 3.36. The molecule has 0 aliphatic rings. The zero-order valence-corrected chi connectivity index (χ0v) is 11.7. The maximum absolute atomic E-state index is 11.5. The van der Waals surface area contributed by atoms with Gasteiger partial charge in [-0.25, -0.2) is 4.52 Å². The van der Waals surface area contributed by atoms with E-state index in [4.69, 9.17) is 0 Å². The highest BCUT2D eigenvalue weighted by Gasteiger charge is 2.04. The van der Waals surface area contributed by atoms with Gasteiger partial charge < -0.3 is 10.6 Å². The van der Waals surface area contributed by atoms with Crippen LogP contribution in [0.15, 0.2) is 54.9 Å². The van der Waals surface area contributed by atoms with Crippen molar-refractivity contribution in [2.75, 3.05) is 12.4 Å². The van der Waals surface area contributed by atoms with E-state index in [0.29, 0.717) is 12.1 Å². The molecule has 3 aromatic rings. The lowest BCUT2D eigenvalue weighted by molar-refractivity contribution is 0.0963. The quantitative estimate of drug-likeness (QED) is 0.771. The number of hydrogen-bond acceptors (Lipinski definition) is 3. The van der Waals surface area contributed by atoms with Gasteiger partial charge in [0.15, 0.2) is 0 Å². The highest BCUT2D eigenvalue weighted by molar-refractivity contribution is 5.94. The van der Waals surface area contributed by atoms with E-state index in [-0.39, 0.29) is 5.91 Å². The Hall–Kier alpha value is -2.82. The summed E-state index contributed by atoms with van der Waals surface area (Å²) >= 11 is 0. The van der Waals surface area contributed by atoms with Crippen molar-refractivity contribution in [2.24, 2.45) is 0 Å². The summed E-state index contributed by atoms with van der Waals surface area (Å²) in [5.41, 5.74) is 3.84. The third-order valence-electron chi connectivity index (χ3n) is 3.36. The Morgan fingerprint density at radius 3 is 2.76 bits per heavy atom. The molecule has 0 aliphatic heterocycles. The number of carbonyl (C=O) groups excluding carboxylic acids is 1. The first kappa shape index (κ1) is 13.2. The molecule has 0 saturated carbocycles. The Bertz CT molecular complexity index is 761. The molecule has 1 aromatic carbocycles. The predicted molar refractivity (Wildman–Crippen MR) is 82.4 cm³/mol. The number of rotatable bonds is 4. The third kappa shape index (κ3) is 2.72. The molecule has 0 fully saturated rings. The molecule has 2 aromatic heterocycles. The van der Waals surface area contributed by atoms with Crippen molar-refractivity contribution in [1.29, 1.82) is 0 Å². The lowest BCUT2D eigenvalue weighted by Gasteiger charge is -2.06. The minimum absolute atomic E-state index is 0.0795. The molecule has 106 valence electrons. The topological polar surface area (TPSA) is 58.4 Å². The largest absolute Gasteiger partial charge is 0.381 e. The number of anilines is 1. The second-order valence-electron chi connectivity index (χ2n) is 4.71. The van der Waals surface area contributed by atoms with Crippen molar-refractivity contribution in [1.82, 2.24) is 14.9 Å². The molecule has 2 heterocycles. The number of amides is 1. The van der Waals surface area contributed by atoms with E-state index in [0.717, 1.165) is 16.8 Å². The van der Waals surface area contributed by atoms with Crippen molar-refractivity contribution < 1.29 is 4.79 Å². The average Bonchev–Trinajstić information content (AvgIpc) is 2.96. The molecule has 0 saturated heterocycles. The van der Waals surface area contributed by atoms with Crippen LogP contribution in [0.4, 0.5) is 5.69 Å². The lowest BCUT2D eigenvalue weighted by atomic mass is 10.2. The van der Waals surface area contributed by atoms with E-state index < -0.39 is 0 Å². The summed E-state index contributed by atoms with van der Waals surface area (Å²) in [6, 6.07) is 13.4. The molecule has 0 atom stereocenters. The van der Waals surface area contributed by atoms with E-state index >= 15 is 0 Å². The summed E-state index contributed by atoms with van der Waals surface area (Å²) in [6.07, 6.45) is 3.79. The number of fused-ring (bicyclic) bond motifs is 1. The Labute approximate surface area is 122 Å². The van der Waals surface area contributed by atoms with Crippen molar-refractivity contribution in [3.63, 3.8) is 0 Å². The molecule has 0 spiro atoms. The van der Waals surface area contributed by atoms with Gasteiger partial charge in [-0.15, -0.1) is 0 Å². The van der Waals surface area contributed by atoms with E-state index in [1.165, 1.54) is 0 Å². The van der Waals surface area contributed by atoms with Gasteiger partial charge in [-0.2, -0.15) is 5.10 Å². The molecule has 0 unspecified atom stereocenters. The molecule has 0 radical (unpaired) electrons. The van der Waals surface area contributed by atoms with Crippen molar-refractivity contribution in [3.8, 4) is 0 Å². The van der Waals surface area contributed by atoms with Gasteiger partial charge in [0.1, 0.15) is 0 Å². The monoisotopic (exact) mass is 280 g/mol. The summed E-state index contributed by atoms with van der Waals surface area (Å²) in [5.74, 6) is -0.0795. The van der Waals surface area contributed by atoms with Crippen LogP contribution in [0.3, 0.4) is 0 Å². The second kappa shape index (κ2) is 5.66. The van der Waals surface area contributed by atoms with Crippen LogP contribution in [0.5, 0.6) is 0 Å². The van der Waals surface area contributed by atoms with Gasteiger partial charge in [-0.05, 0) is 36.4 Å². The molecular weight excluding hydrogens is 264 g/mol. The van der Waals surface area contributed by atoms with E-state index in [2.05, 4.69) is 15.7 Å². The van der Waals surface area contributed by atoms with Gasteiger partial charge in [-0.3, -0.25) is 4.79 Å². The summed E-state index contributed by atoms with van der Waals surface area (Å²) < 4.78 is 1.85. The molecule has 5 nitrogen and oxygen atoms in total. The van der Waals surface area contributed by atoms with Crippen LogP contribution >= 0.6 is 0 Å². The summed E-state index contributed by atoms with van der Waals surface area (Å²) in [7, 11) is 1.62. The van der Waals surface area contributed by atoms with Gasteiger partial charge in [-0.1, -0.05) is 6.07 Å². The van der Waals surface area contributed by atoms with Crippen LogP contribution in [-0.4, -0.2) is 22.6 Å². The Morgan fingerprint density at radius 2 is 2.00 bits per heavy atom. The fourth-order valence-electron chi connectivity index (χ4n) is 2.20. The standard InChI is InChI=1S/C16H16N4O/c1-17-16(21)12-5-7-14(8-6-12)18-10-13-11-19-20-9-3-2-4-15(13)20/h2-9,11,18H,10H2,1H3,(H,17,21). The van der Waals surface area contributed by atoms with E-state index in [1.54, 1.807) is 19.2 Å². The minimum Gasteiger partial charge on any atom is -0.381 e. The van der Waals surface area contributed by atoms with Gasteiger partial charge >= 0.3 is 0 Å². The number of nitrogens with zero attached hydrogens (tertiary/aromatic N) is 2. The van der Waals surface area contributed by atoms with Crippen molar-refractivity contribution in [2.45, 2.75) is 6.54 Å². The molecule has 3 rings (SSSR count). The van der Waals surface area contributed by atoms with Crippen LogP contribution in [0, 0.1) is 0 Å². The zero-order chi connectivity index (χ0) is 14.7. The van der Waals surface area contributed by atoms with Gasteiger partial charge in [0.25, 0.3) is 5.91 Å². The van der Waals surface area contributed by atoms with Gasteiger partial charge in [0.05, 0.1) is 11.7 Å². The fraction of sp³-hybridized carbons (Fsp3) is 0.125. The first-order valence-corrected chi connectivity index (χ1v) is 6.75. The van der Waals surface area contributed by atoms with Crippen molar-refractivity contribution in [3.05, 3.63) is 66.0 Å². The van der Waals surface area contributed by atoms with Crippen LogP contribution in [0.1, 0.15) is 15.9 Å². The number of carbonyl (C=O) groups is 1. The molecule has 21 heavy (non-hydrogen) atoms. The minimum atomic E-state index is -0.0795. The van der Waals surface area contributed by atoms with Crippen LogP contribution in [0.25, 0.3) is 5.52 Å². The van der Waals surface area contributed by atoms with E-state index in [1.807, 2.05) is 47.2 Å². The number of nitrogens with one attached hydrogen (secondary N) is 2. The fourth-order valence-corrected chi connectivity index (χ4v) is 2.20. The highest BCUT2D eigenvalue weighted by atomic mass is 16.1. The first-order chi connectivity index (χ1) is 10.3. The van der Waals surface area contributed by atoms with Gasteiger partial charge in [0.2, 0.25) is 0 Å². The highest BCUT2D eigenvalue weighted by Crippen LogP contribution is 2.14. The van der Waals surface area contributed by atoms with Crippen LogP contribution in [-0.2, 0) is 6.54 Å². The number of hydrogen-bond donors (Lipinski definition) is 2. The Kier molecular flexibility index (Phi) is 3.55. The number of pyridine rings is 1. The summed E-state index contributed by atoms with van der Waals surface area (Å²) in [4.78, 5) is 11.5. The van der Waals surface area contributed by atoms with E-state index in [9.17, 15) is 4.79 Å². The predicted octanol–water partition coefficient (Wildman–Crippen LogP) is 2.31. The molecule has 0 bridgehead atoms. The molecule has 0 aliphatic carbocycles. The molecule has 2 N–H and O–H groups in total. The molecular formula is C16H16N4O. The second-order valence-corrected chi connectivity index (χ2v) is 4.71. The molecule has 1 amide bonds. The SMILES string of the molecule is CNC(=O)c1ccc(NCc2cnn3ccccc23)cc1. The summed E-state index contributed by atoms with van der Waals surface area (Å²) in [6.45, 7) is 0.687. The molecule has 5 heteroatoms. The van der Waals surface area contributed by atoms with Crippen LogP contribution < -0.4 is 10.6 Å². The smallest absolute Gasteiger partial charge is 0.251 e. The Morgan fingerprint density at radius 1 is 1.19 bits per heavy atom.